The SMILES string of the molecule is O=C(NCc1ccc2c(c1)CCO2)c1ccccc1CC1CCNC1. The minimum atomic E-state index is 0.0123. The van der Waals surface area contributed by atoms with E-state index in [1.54, 1.807) is 0 Å². The Hall–Kier alpha value is -2.33. The summed E-state index contributed by atoms with van der Waals surface area (Å²) in [5, 5.41) is 6.47. The fourth-order valence-electron chi connectivity index (χ4n) is 3.75. The molecule has 0 bridgehead atoms. The van der Waals surface area contributed by atoms with Crippen molar-refractivity contribution in [1.29, 1.82) is 0 Å². The average Bonchev–Trinajstić information content (AvgIpc) is 3.31. The van der Waals surface area contributed by atoms with Crippen LogP contribution < -0.4 is 15.4 Å². The highest BCUT2D eigenvalue weighted by molar-refractivity contribution is 5.95. The minimum absolute atomic E-state index is 0.0123. The van der Waals surface area contributed by atoms with Crippen LogP contribution in [0.1, 0.15) is 33.5 Å². The van der Waals surface area contributed by atoms with Crippen molar-refractivity contribution < 1.29 is 9.53 Å². The van der Waals surface area contributed by atoms with E-state index in [2.05, 4.69) is 22.8 Å². The monoisotopic (exact) mass is 336 g/mol. The van der Waals surface area contributed by atoms with Gasteiger partial charge in [0.05, 0.1) is 6.61 Å². The van der Waals surface area contributed by atoms with Gasteiger partial charge in [-0.2, -0.15) is 0 Å². The molecule has 2 aromatic carbocycles. The summed E-state index contributed by atoms with van der Waals surface area (Å²) in [7, 11) is 0. The van der Waals surface area contributed by atoms with E-state index in [0.717, 1.165) is 55.0 Å². The number of hydrogen-bond acceptors (Lipinski definition) is 3. The van der Waals surface area contributed by atoms with Gasteiger partial charge < -0.3 is 15.4 Å². The zero-order valence-corrected chi connectivity index (χ0v) is 14.4. The molecular formula is C21H24N2O2. The lowest BCUT2D eigenvalue weighted by Gasteiger charge is -2.13. The predicted octanol–water partition coefficient (Wildman–Crippen LogP) is 2.70. The zero-order valence-electron chi connectivity index (χ0n) is 14.4. The van der Waals surface area contributed by atoms with Gasteiger partial charge >= 0.3 is 0 Å². The second-order valence-corrected chi connectivity index (χ2v) is 6.94. The average molecular weight is 336 g/mol. The number of benzene rings is 2. The predicted molar refractivity (Wildman–Crippen MR) is 97.9 cm³/mol. The first-order valence-electron chi connectivity index (χ1n) is 9.11. The van der Waals surface area contributed by atoms with Crippen molar-refractivity contribution in [2.24, 2.45) is 5.92 Å². The summed E-state index contributed by atoms with van der Waals surface area (Å²) in [4.78, 5) is 12.7. The first kappa shape index (κ1) is 16.2. The Morgan fingerprint density at radius 2 is 2.16 bits per heavy atom. The Morgan fingerprint density at radius 3 is 3.04 bits per heavy atom. The molecule has 2 aromatic rings. The van der Waals surface area contributed by atoms with Crippen LogP contribution in [0.5, 0.6) is 5.75 Å². The van der Waals surface area contributed by atoms with Crippen molar-refractivity contribution in [2.45, 2.75) is 25.8 Å². The highest BCUT2D eigenvalue weighted by Gasteiger charge is 2.19. The van der Waals surface area contributed by atoms with Gasteiger partial charge in [0, 0.05) is 18.5 Å². The molecule has 0 spiro atoms. The van der Waals surface area contributed by atoms with Crippen LogP contribution in [-0.2, 0) is 19.4 Å². The van der Waals surface area contributed by atoms with E-state index >= 15 is 0 Å². The molecule has 1 amide bonds. The molecule has 2 N–H and O–H groups in total. The molecule has 1 atom stereocenters. The third-order valence-corrected chi connectivity index (χ3v) is 5.14. The largest absolute Gasteiger partial charge is 0.493 e. The van der Waals surface area contributed by atoms with Gasteiger partial charge in [-0.1, -0.05) is 30.3 Å². The molecule has 0 saturated carbocycles. The summed E-state index contributed by atoms with van der Waals surface area (Å²) in [6, 6.07) is 14.2. The van der Waals surface area contributed by atoms with Gasteiger partial charge in [0.2, 0.25) is 0 Å². The fraction of sp³-hybridized carbons (Fsp3) is 0.381. The molecule has 2 aliphatic rings. The molecule has 2 heterocycles. The van der Waals surface area contributed by atoms with E-state index in [9.17, 15) is 4.79 Å². The maximum Gasteiger partial charge on any atom is 0.251 e. The molecule has 1 fully saturated rings. The van der Waals surface area contributed by atoms with Crippen molar-refractivity contribution in [2.75, 3.05) is 19.7 Å². The maximum atomic E-state index is 12.7. The molecule has 4 rings (SSSR count). The van der Waals surface area contributed by atoms with E-state index in [4.69, 9.17) is 4.74 Å². The summed E-state index contributed by atoms with van der Waals surface area (Å²) < 4.78 is 5.53. The number of carbonyl (C=O) groups excluding carboxylic acids is 1. The van der Waals surface area contributed by atoms with E-state index in [-0.39, 0.29) is 5.91 Å². The molecule has 1 unspecified atom stereocenters. The number of ether oxygens (including phenoxy) is 1. The van der Waals surface area contributed by atoms with Crippen LogP contribution in [0.2, 0.25) is 0 Å². The summed E-state index contributed by atoms with van der Waals surface area (Å²) >= 11 is 0. The normalized spacial score (nSPS) is 18.6. The number of amides is 1. The molecule has 0 aliphatic carbocycles. The fourth-order valence-corrected chi connectivity index (χ4v) is 3.75. The Bertz CT molecular complexity index is 766. The summed E-state index contributed by atoms with van der Waals surface area (Å²) in [6.45, 7) is 3.44. The molecule has 0 radical (unpaired) electrons. The summed E-state index contributed by atoms with van der Waals surface area (Å²) in [5.41, 5.74) is 4.31. The number of hydrogen-bond donors (Lipinski definition) is 2. The second-order valence-electron chi connectivity index (χ2n) is 6.94. The number of nitrogens with one attached hydrogen (secondary N) is 2. The van der Waals surface area contributed by atoms with Crippen molar-refractivity contribution in [3.05, 3.63) is 64.7 Å². The van der Waals surface area contributed by atoms with Gasteiger partial charge in [-0.3, -0.25) is 4.79 Å². The van der Waals surface area contributed by atoms with Crippen LogP contribution in [0.15, 0.2) is 42.5 Å². The first-order valence-corrected chi connectivity index (χ1v) is 9.11. The molecule has 130 valence electrons. The van der Waals surface area contributed by atoms with Crippen molar-refractivity contribution >= 4 is 5.91 Å². The minimum Gasteiger partial charge on any atom is -0.493 e. The summed E-state index contributed by atoms with van der Waals surface area (Å²) in [5.74, 6) is 1.62. The number of carbonyl (C=O) groups is 1. The molecule has 0 aromatic heterocycles. The highest BCUT2D eigenvalue weighted by Crippen LogP contribution is 2.26. The van der Waals surface area contributed by atoms with E-state index in [1.807, 2.05) is 30.3 Å². The lowest BCUT2D eigenvalue weighted by molar-refractivity contribution is 0.0949. The third kappa shape index (κ3) is 3.69. The quantitative estimate of drug-likeness (QED) is 0.883. The molecule has 4 nitrogen and oxygen atoms in total. The summed E-state index contributed by atoms with van der Waals surface area (Å²) in [6.07, 6.45) is 3.11. The standard InChI is InChI=1S/C21H24N2O2/c24-21(23-14-15-5-6-20-18(12-15)8-10-25-20)19-4-2-1-3-17(19)11-16-7-9-22-13-16/h1-6,12,16,22H,7-11,13-14H2,(H,23,24). The molecule has 25 heavy (non-hydrogen) atoms. The highest BCUT2D eigenvalue weighted by atomic mass is 16.5. The van der Waals surface area contributed by atoms with Crippen molar-refractivity contribution in [3.8, 4) is 5.75 Å². The molecular weight excluding hydrogens is 312 g/mol. The van der Waals surface area contributed by atoms with Crippen LogP contribution in [-0.4, -0.2) is 25.6 Å². The number of fused-ring (bicyclic) bond motifs is 1. The van der Waals surface area contributed by atoms with Gasteiger partial charge in [0.25, 0.3) is 5.91 Å². The zero-order chi connectivity index (χ0) is 17.1. The first-order chi connectivity index (χ1) is 12.3. The van der Waals surface area contributed by atoms with Crippen LogP contribution in [0, 0.1) is 5.92 Å². The molecule has 2 aliphatic heterocycles. The van der Waals surface area contributed by atoms with Crippen molar-refractivity contribution in [3.63, 3.8) is 0 Å². The van der Waals surface area contributed by atoms with E-state index in [1.165, 1.54) is 12.0 Å². The number of rotatable bonds is 5. The Balaban J connectivity index is 1.42. The second kappa shape index (κ2) is 7.28. The van der Waals surface area contributed by atoms with Gasteiger partial charge in [0.1, 0.15) is 5.75 Å². The van der Waals surface area contributed by atoms with Crippen LogP contribution in [0.3, 0.4) is 0 Å². The van der Waals surface area contributed by atoms with Crippen LogP contribution >= 0.6 is 0 Å². The lowest BCUT2D eigenvalue weighted by atomic mass is 9.94. The van der Waals surface area contributed by atoms with Gasteiger partial charge in [-0.25, -0.2) is 0 Å². The van der Waals surface area contributed by atoms with E-state index in [0.29, 0.717) is 12.5 Å². The van der Waals surface area contributed by atoms with E-state index < -0.39 is 0 Å². The molecule has 4 heteroatoms. The molecule has 1 saturated heterocycles. The van der Waals surface area contributed by atoms with Crippen LogP contribution in [0.25, 0.3) is 0 Å². The maximum absolute atomic E-state index is 12.7. The van der Waals surface area contributed by atoms with Gasteiger partial charge in [0.15, 0.2) is 0 Å². The van der Waals surface area contributed by atoms with Crippen LogP contribution in [0.4, 0.5) is 0 Å². The Labute approximate surface area is 148 Å². The van der Waals surface area contributed by atoms with Gasteiger partial charge in [-0.15, -0.1) is 0 Å². The Morgan fingerprint density at radius 1 is 1.24 bits per heavy atom. The van der Waals surface area contributed by atoms with Crippen molar-refractivity contribution in [1.82, 2.24) is 10.6 Å². The topological polar surface area (TPSA) is 50.4 Å². The smallest absolute Gasteiger partial charge is 0.251 e. The lowest BCUT2D eigenvalue weighted by Crippen LogP contribution is -2.24. The van der Waals surface area contributed by atoms with Gasteiger partial charge in [-0.05, 0) is 60.7 Å². The Kier molecular flexibility index (Phi) is 4.70. The third-order valence-electron chi connectivity index (χ3n) is 5.14.